The summed E-state index contributed by atoms with van der Waals surface area (Å²) >= 11 is 0.575. The summed E-state index contributed by atoms with van der Waals surface area (Å²) in [7, 11) is 0. The van der Waals surface area contributed by atoms with E-state index in [1.807, 2.05) is 0 Å². The highest BCUT2D eigenvalue weighted by atomic mass is 32.2. The molecule has 0 aliphatic carbocycles. The zero-order chi connectivity index (χ0) is 23.0. The molecule has 2 aromatic rings. The molecule has 1 atom stereocenters. The van der Waals surface area contributed by atoms with Gasteiger partial charge in [0.2, 0.25) is 0 Å². The molecule has 1 amide bonds. The van der Waals surface area contributed by atoms with E-state index < -0.39 is 41.7 Å². The lowest BCUT2D eigenvalue weighted by Crippen LogP contribution is -2.44. The van der Waals surface area contributed by atoms with Crippen molar-refractivity contribution in [3.8, 4) is 0 Å². The number of hydrogen-bond donors (Lipinski definition) is 1. The van der Waals surface area contributed by atoms with Crippen LogP contribution >= 0.6 is 11.8 Å². The number of carbonyl (C=O) groups excluding carboxylic acids is 3. The number of aryl methyl sites for hydroxylation is 2. The van der Waals surface area contributed by atoms with E-state index in [1.165, 1.54) is 13.8 Å². The van der Waals surface area contributed by atoms with Crippen LogP contribution in [-0.4, -0.2) is 35.8 Å². The Morgan fingerprint density at radius 2 is 1.45 bits per heavy atom. The summed E-state index contributed by atoms with van der Waals surface area (Å²) in [6.45, 7) is 3.76. The molecule has 0 spiro atoms. The molecular formula is C17H19NO12S. The molecule has 13 nitrogen and oxygen atoms in total. The van der Waals surface area contributed by atoms with Gasteiger partial charge in [-0.3, -0.25) is 0 Å². The molecule has 0 aromatic carbocycles. The molecule has 2 rings (SSSR count). The second kappa shape index (κ2) is 11.1. The molecule has 0 radical (unpaired) electrons. The van der Waals surface area contributed by atoms with Gasteiger partial charge in [-0.05, 0) is 32.5 Å². The topological polar surface area (TPSA) is 178 Å². The predicted molar refractivity (Wildman–Crippen MR) is 100 cm³/mol. The molecule has 14 heteroatoms. The minimum atomic E-state index is -1.24. The zero-order valence-corrected chi connectivity index (χ0v) is 17.5. The largest absolute Gasteiger partial charge is 0.519 e. The molecule has 31 heavy (non-hydrogen) atoms. The van der Waals surface area contributed by atoms with Crippen molar-refractivity contribution in [3.63, 3.8) is 0 Å². The number of carbonyl (C=O) groups is 3. The second-order valence-electron chi connectivity index (χ2n) is 5.74. The number of rotatable bonds is 9. The van der Waals surface area contributed by atoms with Crippen LogP contribution in [0.2, 0.25) is 0 Å². The molecule has 0 fully saturated rings. The Bertz CT molecular complexity index is 1030. The molecule has 0 aliphatic rings. The van der Waals surface area contributed by atoms with Crippen molar-refractivity contribution in [3.05, 3.63) is 44.3 Å². The van der Waals surface area contributed by atoms with Crippen molar-refractivity contribution in [1.29, 1.82) is 0 Å². The molecule has 0 saturated carbocycles. The molecular weight excluding hydrogens is 442 g/mol. The summed E-state index contributed by atoms with van der Waals surface area (Å²) in [6, 6.07) is -1.24. The maximum Gasteiger partial charge on any atom is 0.519 e. The van der Waals surface area contributed by atoms with Crippen molar-refractivity contribution < 1.29 is 46.3 Å². The van der Waals surface area contributed by atoms with Gasteiger partial charge in [-0.25, -0.2) is 24.0 Å². The van der Waals surface area contributed by atoms with Crippen molar-refractivity contribution in [2.75, 3.05) is 12.4 Å². The maximum absolute atomic E-state index is 12.1. The minimum absolute atomic E-state index is 0.00646. The van der Waals surface area contributed by atoms with Crippen LogP contribution in [0.4, 0.5) is 9.59 Å². The fourth-order valence-electron chi connectivity index (χ4n) is 2.06. The van der Waals surface area contributed by atoms with Gasteiger partial charge >= 0.3 is 29.0 Å². The maximum atomic E-state index is 12.1. The van der Waals surface area contributed by atoms with Gasteiger partial charge in [-0.2, -0.15) is 0 Å². The fraction of sp³-hybridized carbons (Fsp3) is 0.471. The Hall–Kier alpha value is -3.42. The Balaban J connectivity index is 1.86. The Morgan fingerprint density at radius 3 is 1.94 bits per heavy atom. The van der Waals surface area contributed by atoms with E-state index >= 15 is 0 Å². The average Bonchev–Trinajstić information content (AvgIpc) is 3.20. The van der Waals surface area contributed by atoms with Gasteiger partial charge in [0.15, 0.2) is 36.3 Å². The lowest BCUT2D eigenvalue weighted by molar-refractivity contribution is -0.144. The Morgan fingerprint density at radius 1 is 0.903 bits per heavy atom. The summed E-state index contributed by atoms with van der Waals surface area (Å²) in [5.41, 5.74) is 0. The van der Waals surface area contributed by atoms with E-state index in [4.69, 9.17) is 18.6 Å². The zero-order valence-electron chi connectivity index (χ0n) is 16.7. The summed E-state index contributed by atoms with van der Waals surface area (Å²) < 4.78 is 33.3. The van der Waals surface area contributed by atoms with Crippen LogP contribution < -0.4 is 17.0 Å². The summed E-state index contributed by atoms with van der Waals surface area (Å²) in [5.74, 6) is -2.55. The highest BCUT2D eigenvalue weighted by Crippen LogP contribution is 2.13. The Labute approximate surface area is 178 Å². The van der Waals surface area contributed by atoms with Crippen molar-refractivity contribution in [1.82, 2.24) is 5.32 Å². The van der Waals surface area contributed by atoms with Gasteiger partial charge in [-0.1, -0.05) is 0 Å². The quantitative estimate of drug-likeness (QED) is 0.421. The first-order valence-electron chi connectivity index (χ1n) is 8.77. The highest BCUT2D eigenvalue weighted by Gasteiger charge is 2.25. The van der Waals surface area contributed by atoms with Crippen LogP contribution in [0.25, 0.3) is 0 Å². The first kappa shape index (κ1) is 23.9. The van der Waals surface area contributed by atoms with E-state index in [-0.39, 0.29) is 42.0 Å². The van der Waals surface area contributed by atoms with Gasteiger partial charge in [-0.15, -0.1) is 0 Å². The predicted octanol–water partition coefficient (Wildman–Crippen LogP) is 1.62. The van der Waals surface area contributed by atoms with E-state index in [9.17, 15) is 24.0 Å². The average molecular weight is 461 g/mol. The minimum Gasteiger partial charge on any atom is -0.464 e. The third-order valence-corrected chi connectivity index (χ3v) is 4.41. The van der Waals surface area contributed by atoms with Gasteiger partial charge in [0.25, 0.3) is 0 Å². The second-order valence-corrected chi connectivity index (χ2v) is 6.70. The van der Waals surface area contributed by atoms with Gasteiger partial charge in [0.1, 0.15) is 6.04 Å². The van der Waals surface area contributed by atoms with Crippen molar-refractivity contribution in [2.45, 2.75) is 40.0 Å². The number of esters is 1. The number of alkyl carbamates (subject to hydrolysis) is 1. The third kappa shape index (κ3) is 7.40. The molecule has 0 bridgehead atoms. The molecule has 0 unspecified atom stereocenters. The third-order valence-electron chi connectivity index (χ3n) is 3.56. The van der Waals surface area contributed by atoms with Gasteiger partial charge in [0.05, 0.1) is 6.61 Å². The van der Waals surface area contributed by atoms with Crippen LogP contribution in [0.5, 0.6) is 0 Å². The van der Waals surface area contributed by atoms with Gasteiger partial charge in [0, 0.05) is 5.75 Å². The molecule has 2 heterocycles. The van der Waals surface area contributed by atoms with Crippen LogP contribution in [0, 0.1) is 13.8 Å². The van der Waals surface area contributed by atoms with Gasteiger partial charge < -0.3 is 37.2 Å². The number of amides is 1. The molecule has 2 aromatic heterocycles. The SMILES string of the molecule is CCOC(=O)[C@H](CSC(=O)OCc1oc(=O)oc1C)NC(=O)OCc1oc(=O)oc1C. The van der Waals surface area contributed by atoms with Crippen LogP contribution in [-0.2, 0) is 32.2 Å². The van der Waals surface area contributed by atoms with E-state index in [2.05, 4.69) is 18.6 Å². The summed E-state index contributed by atoms with van der Waals surface area (Å²) in [4.78, 5) is 57.9. The highest BCUT2D eigenvalue weighted by molar-refractivity contribution is 8.13. The molecule has 0 saturated heterocycles. The first-order chi connectivity index (χ1) is 14.7. The standard InChI is InChI=1S/C17H19NO12S/c1-4-24-13(19)10(18-14(20)25-5-11-8(2)27-15(21)29-11)7-31-17(23)26-6-12-9(3)28-16(22)30-12/h10H,4-7H2,1-3H3,(H,18,20)/t10-/m0/s1. The van der Waals surface area contributed by atoms with E-state index in [0.717, 1.165) is 0 Å². The number of nitrogens with one attached hydrogen (secondary N) is 1. The number of hydrogen-bond acceptors (Lipinski definition) is 13. The number of thioether (sulfide) groups is 1. The lowest BCUT2D eigenvalue weighted by atomic mass is 10.3. The number of ether oxygens (including phenoxy) is 3. The normalized spacial score (nSPS) is 11.6. The smallest absolute Gasteiger partial charge is 0.464 e. The Kier molecular flexibility index (Phi) is 8.54. The van der Waals surface area contributed by atoms with Crippen molar-refractivity contribution >= 4 is 29.1 Å². The van der Waals surface area contributed by atoms with Crippen LogP contribution in [0.3, 0.4) is 0 Å². The van der Waals surface area contributed by atoms with E-state index in [0.29, 0.717) is 11.8 Å². The van der Waals surface area contributed by atoms with Crippen LogP contribution in [0.1, 0.15) is 30.0 Å². The first-order valence-corrected chi connectivity index (χ1v) is 9.76. The van der Waals surface area contributed by atoms with Crippen LogP contribution in [0.15, 0.2) is 27.3 Å². The summed E-state index contributed by atoms with van der Waals surface area (Å²) in [6.07, 6.45) is -1.02. The fourth-order valence-corrected chi connectivity index (χ4v) is 2.72. The monoisotopic (exact) mass is 461 g/mol. The summed E-state index contributed by atoms with van der Waals surface area (Å²) in [5, 5.41) is 1.45. The molecule has 0 aliphatic heterocycles. The lowest BCUT2D eigenvalue weighted by Gasteiger charge is -2.16. The van der Waals surface area contributed by atoms with Crippen molar-refractivity contribution in [2.24, 2.45) is 0 Å². The molecule has 1 N–H and O–H groups in total. The molecule has 170 valence electrons. The van der Waals surface area contributed by atoms with E-state index in [1.54, 1.807) is 6.92 Å².